The number of benzene rings is 1. The van der Waals surface area contributed by atoms with Crippen LogP contribution in [0.5, 0.6) is 0 Å². The van der Waals surface area contributed by atoms with E-state index in [0.717, 1.165) is 22.7 Å². The molecule has 112 valence electrons. The van der Waals surface area contributed by atoms with Crippen molar-refractivity contribution in [3.05, 3.63) is 44.7 Å². The van der Waals surface area contributed by atoms with Crippen molar-refractivity contribution in [2.24, 2.45) is 0 Å². The van der Waals surface area contributed by atoms with Gasteiger partial charge in [-0.1, -0.05) is 29.8 Å². The third-order valence-electron chi connectivity index (χ3n) is 3.20. The average molecular weight is 352 g/mol. The molecule has 1 aromatic heterocycles. The van der Waals surface area contributed by atoms with Crippen molar-refractivity contribution >= 4 is 32.8 Å². The summed E-state index contributed by atoms with van der Waals surface area (Å²) < 4.78 is 6.13. The van der Waals surface area contributed by atoms with Gasteiger partial charge in [-0.25, -0.2) is 4.79 Å². The molecule has 2 rings (SSSR count). The molecule has 0 spiro atoms. The maximum atomic E-state index is 12.5. The van der Waals surface area contributed by atoms with Crippen LogP contribution in [0.3, 0.4) is 0 Å². The molecule has 0 saturated heterocycles. The fourth-order valence-corrected chi connectivity index (χ4v) is 2.65. The SMILES string of the molecule is CCCN(CCC)C(=O)c1cc2cc(Br)ccc2oc1=O. The molecular weight excluding hydrogens is 334 g/mol. The zero-order chi connectivity index (χ0) is 15.4. The predicted octanol–water partition coefficient (Wildman–Crippen LogP) is 3.82. The first-order valence-corrected chi connectivity index (χ1v) is 7.88. The lowest BCUT2D eigenvalue weighted by atomic mass is 10.1. The second kappa shape index (κ2) is 6.89. The van der Waals surface area contributed by atoms with Crippen LogP contribution in [0.4, 0.5) is 0 Å². The van der Waals surface area contributed by atoms with E-state index >= 15 is 0 Å². The van der Waals surface area contributed by atoms with E-state index in [1.807, 2.05) is 19.9 Å². The van der Waals surface area contributed by atoms with Gasteiger partial charge in [0.15, 0.2) is 0 Å². The van der Waals surface area contributed by atoms with Gasteiger partial charge < -0.3 is 9.32 Å². The Labute approximate surface area is 131 Å². The molecule has 0 atom stereocenters. The molecule has 0 aliphatic rings. The smallest absolute Gasteiger partial charge is 0.349 e. The van der Waals surface area contributed by atoms with Crippen LogP contribution >= 0.6 is 15.9 Å². The van der Waals surface area contributed by atoms with Crippen LogP contribution in [0, 0.1) is 0 Å². The van der Waals surface area contributed by atoms with Crippen LogP contribution < -0.4 is 5.63 Å². The van der Waals surface area contributed by atoms with Crippen molar-refractivity contribution < 1.29 is 9.21 Å². The third-order valence-corrected chi connectivity index (χ3v) is 3.69. The number of fused-ring (bicyclic) bond motifs is 1. The minimum atomic E-state index is -0.577. The number of halogens is 1. The number of hydrogen-bond acceptors (Lipinski definition) is 3. The Hall–Kier alpha value is -1.62. The second-order valence-corrected chi connectivity index (χ2v) is 5.84. The number of amides is 1. The van der Waals surface area contributed by atoms with Gasteiger partial charge in [0.05, 0.1) is 0 Å². The third kappa shape index (κ3) is 3.53. The number of nitrogens with zero attached hydrogens (tertiary/aromatic N) is 1. The number of carbonyl (C=O) groups is 1. The highest BCUT2D eigenvalue weighted by Gasteiger charge is 2.19. The summed E-state index contributed by atoms with van der Waals surface area (Å²) in [4.78, 5) is 26.3. The lowest BCUT2D eigenvalue weighted by Gasteiger charge is -2.20. The molecule has 0 N–H and O–H groups in total. The maximum Gasteiger partial charge on any atom is 0.349 e. The largest absolute Gasteiger partial charge is 0.422 e. The first-order valence-electron chi connectivity index (χ1n) is 7.09. The van der Waals surface area contributed by atoms with E-state index in [1.165, 1.54) is 0 Å². The quantitative estimate of drug-likeness (QED) is 0.769. The number of carbonyl (C=O) groups excluding carboxylic acids is 1. The predicted molar refractivity (Wildman–Crippen MR) is 86.7 cm³/mol. The van der Waals surface area contributed by atoms with Crippen molar-refractivity contribution in [1.82, 2.24) is 4.90 Å². The van der Waals surface area contributed by atoms with Crippen LogP contribution in [0.1, 0.15) is 37.0 Å². The summed E-state index contributed by atoms with van der Waals surface area (Å²) >= 11 is 3.38. The summed E-state index contributed by atoms with van der Waals surface area (Å²) in [7, 11) is 0. The molecule has 21 heavy (non-hydrogen) atoms. The molecule has 1 amide bonds. The fraction of sp³-hybridized carbons (Fsp3) is 0.375. The summed E-state index contributed by atoms with van der Waals surface area (Å²) in [6, 6.07) is 6.96. The molecular formula is C16H18BrNO3. The zero-order valence-electron chi connectivity index (χ0n) is 12.2. The highest BCUT2D eigenvalue weighted by Crippen LogP contribution is 2.19. The van der Waals surface area contributed by atoms with Gasteiger partial charge in [0, 0.05) is 22.9 Å². The Bertz CT molecular complexity index is 702. The summed E-state index contributed by atoms with van der Waals surface area (Å²) in [5, 5.41) is 0.736. The Kier molecular flexibility index (Phi) is 5.17. The van der Waals surface area contributed by atoms with E-state index in [1.54, 1.807) is 23.1 Å². The van der Waals surface area contributed by atoms with Gasteiger partial charge in [0.2, 0.25) is 0 Å². The van der Waals surface area contributed by atoms with E-state index in [-0.39, 0.29) is 11.5 Å². The topological polar surface area (TPSA) is 50.5 Å². The Balaban J connectivity index is 2.46. The van der Waals surface area contributed by atoms with E-state index in [9.17, 15) is 9.59 Å². The highest BCUT2D eigenvalue weighted by molar-refractivity contribution is 9.10. The monoisotopic (exact) mass is 351 g/mol. The van der Waals surface area contributed by atoms with E-state index in [2.05, 4.69) is 15.9 Å². The summed E-state index contributed by atoms with van der Waals surface area (Å²) in [5.41, 5.74) is 0.00631. The maximum absolute atomic E-state index is 12.5. The normalized spacial score (nSPS) is 10.8. The lowest BCUT2D eigenvalue weighted by Crippen LogP contribution is -2.35. The molecule has 0 fully saturated rings. The van der Waals surface area contributed by atoms with Crippen molar-refractivity contribution in [1.29, 1.82) is 0 Å². The van der Waals surface area contributed by atoms with Gasteiger partial charge in [0.1, 0.15) is 11.1 Å². The molecule has 0 aliphatic carbocycles. The van der Waals surface area contributed by atoms with E-state index in [4.69, 9.17) is 4.42 Å². The fourth-order valence-electron chi connectivity index (χ4n) is 2.27. The molecule has 0 bridgehead atoms. The molecule has 0 unspecified atom stereocenters. The average Bonchev–Trinajstić information content (AvgIpc) is 2.46. The highest BCUT2D eigenvalue weighted by atomic mass is 79.9. The van der Waals surface area contributed by atoms with Gasteiger partial charge in [-0.3, -0.25) is 4.79 Å². The van der Waals surface area contributed by atoms with Gasteiger partial charge in [-0.05, 0) is 37.1 Å². The Morgan fingerprint density at radius 3 is 2.48 bits per heavy atom. The Morgan fingerprint density at radius 1 is 1.19 bits per heavy atom. The van der Waals surface area contributed by atoms with Gasteiger partial charge >= 0.3 is 5.63 Å². The lowest BCUT2D eigenvalue weighted by molar-refractivity contribution is 0.0751. The van der Waals surface area contributed by atoms with E-state index < -0.39 is 5.63 Å². The zero-order valence-corrected chi connectivity index (χ0v) is 13.8. The molecule has 0 radical (unpaired) electrons. The van der Waals surface area contributed by atoms with Crippen LogP contribution in [0.25, 0.3) is 11.0 Å². The van der Waals surface area contributed by atoms with Crippen LogP contribution in [0.15, 0.2) is 37.9 Å². The molecule has 0 saturated carbocycles. The van der Waals surface area contributed by atoms with Gasteiger partial charge in [0.25, 0.3) is 5.91 Å². The molecule has 1 aromatic carbocycles. The molecule has 5 heteroatoms. The summed E-state index contributed by atoms with van der Waals surface area (Å²) in [5.74, 6) is -0.255. The first-order chi connectivity index (χ1) is 10.1. The minimum absolute atomic E-state index is 0.0995. The van der Waals surface area contributed by atoms with Crippen molar-refractivity contribution in [3.63, 3.8) is 0 Å². The minimum Gasteiger partial charge on any atom is -0.422 e. The second-order valence-electron chi connectivity index (χ2n) is 4.92. The van der Waals surface area contributed by atoms with Crippen LogP contribution in [0.2, 0.25) is 0 Å². The molecule has 4 nitrogen and oxygen atoms in total. The molecule has 2 aromatic rings. The first kappa shape index (κ1) is 15.8. The van der Waals surface area contributed by atoms with Gasteiger partial charge in [-0.2, -0.15) is 0 Å². The summed E-state index contributed by atoms with van der Waals surface area (Å²) in [6.07, 6.45) is 1.71. The van der Waals surface area contributed by atoms with Gasteiger partial charge in [-0.15, -0.1) is 0 Å². The van der Waals surface area contributed by atoms with E-state index in [0.29, 0.717) is 18.7 Å². The number of rotatable bonds is 5. The molecule has 1 heterocycles. The standard InChI is InChI=1S/C16H18BrNO3/c1-3-7-18(8-4-2)15(19)13-10-11-9-12(17)5-6-14(11)21-16(13)20/h5-6,9-10H,3-4,7-8H2,1-2H3. The number of hydrogen-bond donors (Lipinski definition) is 0. The van der Waals surface area contributed by atoms with Crippen molar-refractivity contribution in [3.8, 4) is 0 Å². The van der Waals surface area contributed by atoms with Crippen LogP contribution in [-0.2, 0) is 0 Å². The van der Waals surface area contributed by atoms with Crippen LogP contribution in [-0.4, -0.2) is 23.9 Å². The van der Waals surface area contributed by atoms with Crippen molar-refractivity contribution in [2.75, 3.05) is 13.1 Å². The molecule has 0 aliphatic heterocycles. The van der Waals surface area contributed by atoms with Crippen molar-refractivity contribution in [2.45, 2.75) is 26.7 Å². The Morgan fingerprint density at radius 2 is 1.86 bits per heavy atom. The summed E-state index contributed by atoms with van der Waals surface area (Å²) in [6.45, 7) is 5.30.